The van der Waals surface area contributed by atoms with Crippen molar-refractivity contribution in [3.8, 4) is 11.5 Å². The van der Waals surface area contributed by atoms with Crippen LogP contribution in [0.5, 0.6) is 11.5 Å². The van der Waals surface area contributed by atoms with Crippen LogP contribution in [-0.4, -0.2) is 34.3 Å². The molecule has 7 heteroatoms. The molecule has 2 aromatic carbocycles. The minimum absolute atomic E-state index is 0.0312. The Morgan fingerprint density at radius 2 is 1.74 bits per heavy atom. The molecule has 1 aliphatic heterocycles. The molecule has 1 aliphatic rings. The smallest absolute Gasteiger partial charge is 0.329 e. The van der Waals surface area contributed by atoms with E-state index in [-0.39, 0.29) is 24.2 Å². The van der Waals surface area contributed by atoms with Gasteiger partial charge in [-0.3, -0.25) is 13.9 Å². The summed E-state index contributed by atoms with van der Waals surface area (Å²) in [5.41, 5.74) is 1.41. The first-order chi connectivity index (χ1) is 13.2. The van der Waals surface area contributed by atoms with Crippen molar-refractivity contribution < 1.29 is 14.3 Å². The highest BCUT2D eigenvalue weighted by atomic mass is 16.6. The van der Waals surface area contributed by atoms with E-state index in [2.05, 4.69) is 5.32 Å². The van der Waals surface area contributed by atoms with Gasteiger partial charge in [0.25, 0.3) is 0 Å². The summed E-state index contributed by atoms with van der Waals surface area (Å²) in [4.78, 5) is 25.0. The molecule has 1 amide bonds. The van der Waals surface area contributed by atoms with E-state index in [1.165, 1.54) is 4.57 Å². The minimum Gasteiger partial charge on any atom is -0.486 e. The number of nitrogens with one attached hydrogen (secondary N) is 1. The van der Waals surface area contributed by atoms with E-state index in [1.807, 2.05) is 55.5 Å². The summed E-state index contributed by atoms with van der Waals surface area (Å²) in [6, 6.07) is 14.9. The molecule has 1 atom stereocenters. The summed E-state index contributed by atoms with van der Waals surface area (Å²) < 4.78 is 14.6. The number of aromatic nitrogens is 2. The molecular formula is C20H21N3O4. The highest BCUT2D eigenvalue weighted by molar-refractivity contribution is 5.81. The van der Waals surface area contributed by atoms with Crippen molar-refractivity contribution in [1.29, 1.82) is 0 Å². The van der Waals surface area contributed by atoms with Crippen LogP contribution in [0.4, 0.5) is 0 Å². The van der Waals surface area contributed by atoms with Crippen LogP contribution in [0.2, 0.25) is 0 Å². The topological polar surface area (TPSA) is 74.5 Å². The van der Waals surface area contributed by atoms with Crippen molar-refractivity contribution in [3.05, 3.63) is 59.0 Å². The van der Waals surface area contributed by atoms with Gasteiger partial charge in [0.1, 0.15) is 19.3 Å². The van der Waals surface area contributed by atoms with Crippen LogP contribution < -0.4 is 20.5 Å². The summed E-state index contributed by atoms with van der Waals surface area (Å²) >= 11 is 0. The van der Waals surface area contributed by atoms with Crippen LogP contribution in [0.25, 0.3) is 11.0 Å². The summed E-state index contributed by atoms with van der Waals surface area (Å²) in [6.07, 6.45) is -0.266. The first kappa shape index (κ1) is 17.2. The van der Waals surface area contributed by atoms with Gasteiger partial charge in [0.2, 0.25) is 5.91 Å². The monoisotopic (exact) mass is 367 g/mol. The Morgan fingerprint density at radius 3 is 2.48 bits per heavy atom. The van der Waals surface area contributed by atoms with Crippen LogP contribution in [-0.2, 0) is 17.9 Å². The quantitative estimate of drug-likeness (QED) is 0.746. The van der Waals surface area contributed by atoms with Gasteiger partial charge in [0, 0.05) is 6.54 Å². The van der Waals surface area contributed by atoms with Gasteiger partial charge in [-0.25, -0.2) is 4.79 Å². The number of benzene rings is 2. The number of fused-ring (bicyclic) bond motifs is 2. The molecule has 7 nitrogen and oxygen atoms in total. The maximum absolute atomic E-state index is 12.6. The third-order valence-electron chi connectivity index (χ3n) is 4.64. The number of imidazole rings is 1. The molecule has 0 spiro atoms. The molecule has 0 saturated carbocycles. The van der Waals surface area contributed by atoms with Crippen LogP contribution in [0, 0.1) is 0 Å². The van der Waals surface area contributed by atoms with Crippen molar-refractivity contribution in [3.63, 3.8) is 0 Å². The number of carbonyl (C=O) groups is 1. The van der Waals surface area contributed by atoms with Gasteiger partial charge in [-0.05, 0) is 31.2 Å². The van der Waals surface area contributed by atoms with Gasteiger partial charge in [-0.15, -0.1) is 0 Å². The predicted octanol–water partition coefficient (Wildman–Crippen LogP) is 1.78. The van der Waals surface area contributed by atoms with E-state index in [4.69, 9.17) is 9.47 Å². The maximum Gasteiger partial charge on any atom is 0.329 e. The fourth-order valence-electron chi connectivity index (χ4n) is 3.32. The summed E-state index contributed by atoms with van der Waals surface area (Å²) in [6.45, 7) is 3.12. The molecule has 27 heavy (non-hydrogen) atoms. The number of amides is 1. The van der Waals surface area contributed by atoms with Crippen LogP contribution in [0.1, 0.15) is 6.92 Å². The second-order valence-electron chi connectivity index (χ2n) is 6.40. The normalized spacial score (nSPS) is 15.7. The van der Waals surface area contributed by atoms with Crippen molar-refractivity contribution in [2.24, 2.45) is 0 Å². The Hall–Kier alpha value is -3.22. The van der Waals surface area contributed by atoms with E-state index in [1.54, 1.807) is 4.57 Å². The third kappa shape index (κ3) is 3.28. The predicted molar refractivity (Wildman–Crippen MR) is 101 cm³/mol. The molecule has 0 bridgehead atoms. The van der Waals surface area contributed by atoms with Crippen LogP contribution in [0.3, 0.4) is 0 Å². The van der Waals surface area contributed by atoms with Gasteiger partial charge in [0.15, 0.2) is 11.5 Å². The van der Waals surface area contributed by atoms with Crippen LogP contribution in [0.15, 0.2) is 53.3 Å². The molecule has 2 heterocycles. The first-order valence-corrected chi connectivity index (χ1v) is 9.00. The Labute approximate surface area is 156 Å². The molecule has 0 radical (unpaired) electrons. The zero-order chi connectivity index (χ0) is 18.8. The third-order valence-corrected chi connectivity index (χ3v) is 4.64. The average Bonchev–Trinajstić information content (AvgIpc) is 2.97. The number of hydrogen-bond donors (Lipinski definition) is 1. The fraction of sp³-hybridized carbons (Fsp3) is 0.300. The molecule has 140 valence electrons. The van der Waals surface area contributed by atoms with E-state index in [0.29, 0.717) is 31.2 Å². The Kier molecular flexibility index (Phi) is 4.58. The second-order valence-corrected chi connectivity index (χ2v) is 6.40. The second kappa shape index (κ2) is 7.19. The Bertz CT molecular complexity index is 1040. The van der Waals surface area contributed by atoms with Gasteiger partial charge < -0.3 is 14.8 Å². The Morgan fingerprint density at radius 1 is 1.07 bits per heavy atom. The van der Waals surface area contributed by atoms with E-state index >= 15 is 0 Å². The molecule has 1 N–H and O–H groups in total. The number of aryl methyl sites for hydroxylation is 1. The van der Waals surface area contributed by atoms with E-state index < -0.39 is 0 Å². The Balaban J connectivity index is 1.43. The molecule has 3 aromatic rings. The van der Waals surface area contributed by atoms with Crippen molar-refractivity contribution in [1.82, 2.24) is 14.5 Å². The minimum atomic E-state index is -0.266. The number of hydrogen-bond acceptors (Lipinski definition) is 4. The van der Waals surface area contributed by atoms with Gasteiger partial charge >= 0.3 is 5.69 Å². The molecule has 1 aromatic heterocycles. The first-order valence-electron chi connectivity index (χ1n) is 9.00. The molecule has 0 saturated heterocycles. The van der Waals surface area contributed by atoms with Crippen molar-refractivity contribution in [2.45, 2.75) is 26.1 Å². The molecule has 0 aliphatic carbocycles. The summed E-state index contributed by atoms with van der Waals surface area (Å²) in [7, 11) is 0. The maximum atomic E-state index is 12.6. The van der Waals surface area contributed by atoms with Gasteiger partial charge in [-0.1, -0.05) is 24.3 Å². The molecule has 4 rings (SSSR count). The van der Waals surface area contributed by atoms with E-state index in [9.17, 15) is 9.59 Å². The molecule has 0 fully saturated rings. The number of para-hydroxylation sites is 4. The summed E-state index contributed by atoms with van der Waals surface area (Å²) in [5, 5.41) is 2.84. The lowest BCUT2D eigenvalue weighted by molar-refractivity contribution is -0.122. The van der Waals surface area contributed by atoms with Crippen molar-refractivity contribution in [2.75, 3.05) is 13.2 Å². The SMILES string of the molecule is CCn1c(=O)n(CC(=O)NC[C@@H]2COc3ccccc3O2)c2ccccc21. The largest absolute Gasteiger partial charge is 0.486 e. The molecule has 0 unspecified atom stereocenters. The lowest BCUT2D eigenvalue weighted by Gasteiger charge is -2.26. The average molecular weight is 367 g/mol. The number of ether oxygens (including phenoxy) is 2. The highest BCUT2D eigenvalue weighted by Gasteiger charge is 2.21. The number of nitrogens with zero attached hydrogens (tertiary/aromatic N) is 2. The zero-order valence-corrected chi connectivity index (χ0v) is 15.1. The molecular weight excluding hydrogens is 346 g/mol. The zero-order valence-electron chi connectivity index (χ0n) is 15.1. The lowest BCUT2D eigenvalue weighted by Crippen LogP contribution is -2.42. The number of carbonyl (C=O) groups excluding carboxylic acids is 1. The number of rotatable bonds is 5. The van der Waals surface area contributed by atoms with E-state index in [0.717, 1.165) is 11.0 Å². The van der Waals surface area contributed by atoms with Gasteiger partial charge in [-0.2, -0.15) is 0 Å². The van der Waals surface area contributed by atoms with Crippen LogP contribution >= 0.6 is 0 Å². The standard InChI is InChI=1S/C20H21N3O4/c1-2-22-15-7-3-4-8-16(15)23(20(22)25)12-19(24)21-11-14-13-26-17-9-5-6-10-18(17)27-14/h3-10,14H,2,11-13H2,1H3,(H,21,24)/t14-/m1/s1. The highest BCUT2D eigenvalue weighted by Crippen LogP contribution is 2.30. The van der Waals surface area contributed by atoms with Gasteiger partial charge in [0.05, 0.1) is 17.6 Å². The van der Waals surface area contributed by atoms with Crippen molar-refractivity contribution >= 4 is 16.9 Å². The lowest BCUT2D eigenvalue weighted by atomic mass is 10.2. The summed E-state index contributed by atoms with van der Waals surface area (Å²) in [5.74, 6) is 1.14. The fourth-order valence-corrected chi connectivity index (χ4v) is 3.32.